The third-order valence-electron chi connectivity index (χ3n) is 1.22. The molecule has 0 bridgehead atoms. The van der Waals surface area contributed by atoms with Crippen LogP contribution in [0.2, 0.25) is 0 Å². The van der Waals surface area contributed by atoms with Crippen molar-refractivity contribution in [3.63, 3.8) is 0 Å². The second-order valence-electron chi connectivity index (χ2n) is 2.21. The average molecular weight is 221 g/mol. The minimum atomic E-state index is 0.101. The molecule has 1 aromatic heterocycles. The zero-order valence-corrected chi connectivity index (χ0v) is 8.29. The number of nitrogens with zero attached hydrogens (tertiary/aromatic N) is 1. The lowest BCUT2D eigenvalue weighted by molar-refractivity contribution is 0.825. The van der Waals surface area contributed by atoms with Gasteiger partial charge in [-0.15, -0.1) is 11.3 Å². The molecule has 4 heteroatoms. The minimum Gasteiger partial charge on any atom is -0.323 e. The summed E-state index contributed by atoms with van der Waals surface area (Å²) in [7, 11) is 0. The highest BCUT2D eigenvalue weighted by atomic mass is 79.9. The number of halogens is 1. The van der Waals surface area contributed by atoms with E-state index in [-0.39, 0.29) is 6.04 Å². The van der Waals surface area contributed by atoms with E-state index in [2.05, 4.69) is 20.9 Å². The van der Waals surface area contributed by atoms with Crippen LogP contribution >= 0.6 is 27.3 Å². The van der Waals surface area contributed by atoms with Crippen molar-refractivity contribution >= 4 is 27.3 Å². The molecule has 1 aromatic rings. The number of rotatable bonds is 1. The van der Waals surface area contributed by atoms with Gasteiger partial charge in [-0.3, -0.25) is 0 Å². The summed E-state index contributed by atoms with van der Waals surface area (Å²) in [6, 6.07) is 0.101. The van der Waals surface area contributed by atoms with Crippen molar-refractivity contribution in [2.24, 2.45) is 5.73 Å². The van der Waals surface area contributed by atoms with Crippen molar-refractivity contribution in [3.05, 3.63) is 14.5 Å². The summed E-state index contributed by atoms with van der Waals surface area (Å²) in [5, 5.41) is 0. The van der Waals surface area contributed by atoms with E-state index in [9.17, 15) is 0 Å². The van der Waals surface area contributed by atoms with Crippen molar-refractivity contribution in [2.75, 3.05) is 0 Å². The molecule has 1 heterocycles. The highest BCUT2D eigenvalue weighted by molar-refractivity contribution is 9.11. The molecule has 0 aromatic carbocycles. The lowest BCUT2D eigenvalue weighted by atomic mass is 10.2. The Kier molecular flexibility index (Phi) is 2.44. The molecule has 0 amide bonds. The van der Waals surface area contributed by atoms with Gasteiger partial charge in [-0.1, -0.05) is 0 Å². The molecule has 2 nitrogen and oxygen atoms in total. The largest absolute Gasteiger partial charge is 0.323 e. The Bertz CT molecular complexity index is 232. The summed E-state index contributed by atoms with van der Waals surface area (Å²) in [5.74, 6) is 0. The molecule has 0 aliphatic heterocycles. The van der Waals surface area contributed by atoms with E-state index in [1.807, 2.05) is 13.8 Å². The smallest absolute Gasteiger partial charge is 0.159 e. The first-order valence-corrected chi connectivity index (χ1v) is 4.60. The molecular weight excluding hydrogens is 212 g/mol. The fourth-order valence-electron chi connectivity index (χ4n) is 0.797. The second-order valence-corrected chi connectivity index (χ2v) is 4.51. The third kappa shape index (κ3) is 1.56. The Labute approximate surface area is 72.6 Å². The quantitative estimate of drug-likeness (QED) is 0.789. The van der Waals surface area contributed by atoms with Crippen LogP contribution < -0.4 is 5.73 Å². The highest BCUT2D eigenvalue weighted by Crippen LogP contribution is 2.26. The summed E-state index contributed by atoms with van der Waals surface area (Å²) in [6.07, 6.45) is 0. The molecule has 56 valence electrons. The normalized spacial score (nSPS) is 13.6. The maximum atomic E-state index is 5.68. The molecule has 0 saturated heterocycles. The molecule has 1 rings (SSSR count). The molecular formula is C6H9BrN2S. The van der Waals surface area contributed by atoms with Crippen LogP contribution in [0, 0.1) is 6.92 Å². The second kappa shape index (κ2) is 2.98. The van der Waals surface area contributed by atoms with Gasteiger partial charge in [0.2, 0.25) is 0 Å². The van der Waals surface area contributed by atoms with Gasteiger partial charge in [-0.25, -0.2) is 4.98 Å². The maximum Gasteiger partial charge on any atom is 0.159 e. The van der Waals surface area contributed by atoms with Crippen molar-refractivity contribution in [2.45, 2.75) is 19.9 Å². The van der Waals surface area contributed by atoms with Gasteiger partial charge < -0.3 is 5.73 Å². The Balaban J connectivity index is 3.03. The van der Waals surface area contributed by atoms with Gasteiger partial charge in [0.25, 0.3) is 0 Å². The number of hydrogen-bond donors (Lipinski definition) is 1. The summed E-state index contributed by atoms with van der Waals surface area (Å²) in [4.78, 5) is 5.35. The van der Waals surface area contributed by atoms with Gasteiger partial charge in [-0.05, 0) is 29.8 Å². The predicted octanol–water partition coefficient (Wildman–Crippen LogP) is 2.23. The summed E-state index contributed by atoms with van der Waals surface area (Å²) >= 11 is 4.91. The van der Waals surface area contributed by atoms with Crippen LogP contribution in [0.15, 0.2) is 3.92 Å². The van der Waals surface area contributed by atoms with Gasteiger partial charge in [-0.2, -0.15) is 0 Å². The van der Waals surface area contributed by atoms with E-state index >= 15 is 0 Å². The molecule has 10 heavy (non-hydrogen) atoms. The average Bonchev–Trinajstić information content (AvgIpc) is 2.10. The van der Waals surface area contributed by atoms with Crippen LogP contribution in [-0.4, -0.2) is 4.98 Å². The van der Waals surface area contributed by atoms with Crippen LogP contribution in [0.3, 0.4) is 0 Å². The highest BCUT2D eigenvalue weighted by Gasteiger charge is 2.08. The van der Waals surface area contributed by atoms with Gasteiger partial charge >= 0.3 is 0 Å². The van der Waals surface area contributed by atoms with E-state index in [1.165, 1.54) is 0 Å². The summed E-state index contributed by atoms with van der Waals surface area (Å²) < 4.78 is 0.914. The van der Waals surface area contributed by atoms with E-state index in [4.69, 9.17) is 5.73 Å². The predicted molar refractivity (Wildman–Crippen MR) is 47.2 cm³/mol. The molecule has 0 spiro atoms. The lowest BCUT2D eigenvalue weighted by Crippen LogP contribution is -2.03. The van der Waals surface area contributed by atoms with Crippen LogP contribution in [-0.2, 0) is 0 Å². The number of hydrogen-bond acceptors (Lipinski definition) is 3. The zero-order chi connectivity index (χ0) is 7.72. The maximum absolute atomic E-state index is 5.68. The van der Waals surface area contributed by atoms with E-state index < -0.39 is 0 Å². The first kappa shape index (κ1) is 8.17. The lowest BCUT2D eigenvalue weighted by Gasteiger charge is -1.99. The van der Waals surface area contributed by atoms with Gasteiger partial charge in [0.15, 0.2) is 3.92 Å². The van der Waals surface area contributed by atoms with Crippen LogP contribution in [0.1, 0.15) is 23.5 Å². The molecule has 0 radical (unpaired) electrons. The Hall–Kier alpha value is 0.0700. The van der Waals surface area contributed by atoms with Crippen molar-refractivity contribution in [1.82, 2.24) is 4.98 Å². The fraction of sp³-hybridized carbons (Fsp3) is 0.500. The molecule has 0 aliphatic carbocycles. The standard InChI is InChI=1S/C6H9BrN2S/c1-3(8)5-4(2)9-6(7)10-5/h3H,8H2,1-2H3. The van der Waals surface area contributed by atoms with Crippen molar-refractivity contribution in [1.29, 1.82) is 0 Å². The first-order valence-electron chi connectivity index (χ1n) is 2.99. The van der Waals surface area contributed by atoms with Gasteiger partial charge in [0.05, 0.1) is 5.69 Å². The molecule has 2 N–H and O–H groups in total. The molecule has 1 atom stereocenters. The van der Waals surface area contributed by atoms with E-state index in [0.29, 0.717) is 0 Å². The SMILES string of the molecule is Cc1nc(Br)sc1C(C)N. The third-order valence-corrected chi connectivity index (χ3v) is 3.03. The van der Waals surface area contributed by atoms with E-state index in [1.54, 1.807) is 11.3 Å². The molecule has 0 fully saturated rings. The fourth-order valence-corrected chi connectivity index (χ4v) is 2.33. The van der Waals surface area contributed by atoms with E-state index in [0.717, 1.165) is 14.5 Å². The topological polar surface area (TPSA) is 38.9 Å². The molecule has 0 aliphatic rings. The molecule has 0 saturated carbocycles. The number of aryl methyl sites for hydroxylation is 1. The summed E-state index contributed by atoms with van der Waals surface area (Å²) in [5.41, 5.74) is 6.71. The zero-order valence-electron chi connectivity index (χ0n) is 5.89. The van der Waals surface area contributed by atoms with Gasteiger partial charge in [0.1, 0.15) is 0 Å². The van der Waals surface area contributed by atoms with Crippen LogP contribution in [0.4, 0.5) is 0 Å². The Morgan fingerprint density at radius 2 is 2.30 bits per heavy atom. The minimum absolute atomic E-state index is 0.101. The van der Waals surface area contributed by atoms with Gasteiger partial charge in [0, 0.05) is 10.9 Å². The van der Waals surface area contributed by atoms with Crippen molar-refractivity contribution in [3.8, 4) is 0 Å². The number of thiazole rings is 1. The Morgan fingerprint density at radius 3 is 2.50 bits per heavy atom. The molecule has 1 unspecified atom stereocenters. The number of aromatic nitrogens is 1. The van der Waals surface area contributed by atoms with Crippen LogP contribution in [0.5, 0.6) is 0 Å². The monoisotopic (exact) mass is 220 g/mol. The van der Waals surface area contributed by atoms with Crippen LogP contribution in [0.25, 0.3) is 0 Å². The Morgan fingerprint density at radius 1 is 1.70 bits per heavy atom. The van der Waals surface area contributed by atoms with Crippen molar-refractivity contribution < 1.29 is 0 Å². The number of nitrogens with two attached hydrogens (primary N) is 1. The first-order chi connectivity index (χ1) is 4.61. The summed E-state index contributed by atoms with van der Waals surface area (Å²) in [6.45, 7) is 3.94.